The van der Waals surface area contributed by atoms with Crippen LogP contribution in [0, 0.1) is 0 Å². The zero-order valence-corrected chi connectivity index (χ0v) is 6.36. The lowest BCUT2D eigenvalue weighted by atomic mass is 10.1. The van der Waals surface area contributed by atoms with Crippen molar-refractivity contribution in [3.63, 3.8) is 0 Å². The maximum Gasteiger partial charge on any atom is 0.138 e. The van der Waals surface area contributed by atoms with Gasteiger partial charge >= 0.3 is 0 Å². The molecular formula is C10H11O. The summed E-state index contributed by atoms with van der Waals surface area (Å²) in [6.45, 7) is 0. The zero-order valence-electron chi connectivity index (χ0n) is 6.36. The first-order chi connectivity index (χ1) is 5.43. The largest absolute Gasteiger partial charge is 0.299 e. The fraction of sp³-hybridized carbons (Fsp3) is 0.200. The van der Waals surface area contributed by atoms with E-state index in [4.69, 9.17) is 0 Å². The first-order valence-electron chi connectivity index (χ1n) is 3.74. The van der Waals surface area contributed by atoms with E-state index in [2.05, 4.69) is 12.1 Å². The fourth-order valence-electron chi connectivity index (χ4n) is 0.963. The molecule has 0 unspecified atom stereocenters. The Labute approximate surface area is 67.0 Å². The van der Waals surface area contributed by atoms with E-state index in [1.807, 2.05) is 18.2 Å². The average molecular weight is 147 g/mol. The zero-order chi connectivity index (χ0) is 7.94. The Kier molecular flexibility index (Phi) is 3.26. The van der Waals surface area contributed by atoms with Gasteiger partial charge in [-0.15, -0.1) is 0 Å². The van der Waals surface area contributed by atoms with E-state index in [1.165, 1.54) is 5.56 Å². The van der Waals surface area contributed by atoms with Crippen molar-refractivity contribution in [2.24, 2.45) is 0 Å². The van der Waals surface area contributed by atoms with Crippen molar-refractivity contribution in [3.05, 3.63) is 48.2 Å². The van der Waals surface area contributed by atoms with Crippen molar-refractivity contribution in [2.75, 3.05) is 0 Å². The third-order valence-electron chi connectivity index (χ3n) is 1.54. The molecule has 1 rings (SSSR count). The second-order valence-electron chi connectivity index (χ2n) is 2.40. The molecule has 0 aliphatic rings. The monoisotopic (exact) mass is 147 g/mol. The van der Waals surface area contributed by atoms with Crippen LogP contribution in [-0.2, 0) is 11.5 Å². The summed E-state index contributed by atoms with van der Waals surface area (Å²) in [5, 5.41) is 9.94. The molecule has 1 aromatic carbocycles. The second-order valence-corrected chi connectivity index (χ2v) is 2.40. The van der Waals surface area contributed by atoms with E-state index in [9.17, 15) is 5.11 Å². The van der Waals surface area contributed by atoms with Crippen LogP contribution < -0.4 is 0 Å². The summed E-state index contributed by atoms with van der Waals surface area (Å²) in [4.78, 5) is 0. The van der Waals surface area contributed by atoms with Gasteiger partial charge in [0.25, 0.3) is 0 Å². The van der Waals surface area contributed by atoms with E-state index in [0.717, 1.165) is 19.1 Å². The van der Waals surface area contributed by atoms with Crippen LogP contribution in [0.1, 0.15) is 12.0 Å². The molecule has 0 N–H and O–H groups in total. The Bertz CT molecular complexity index is 214. The number of rotatable bonds is 3. The minimum Gasteiger partial charge on any atom is -0.299 e. The summed E-state index contributed by atoms with van der Waals surface area (Å²) in [6.07, 6.45) is 4.29. The van der Waals surface area contributed by atoms with Gasteiger partial charge < -0.3 is 0 Å². The van der Waals surface area contributed by atoms with Crippen LogP contribution in [0.3, 0.4) is 0 Å². The van der Waals surface area contributed by atoms with Crippen molar-refractivity contribution in [1.29, 1.82) is 0 Å². The Hall–Kier alpha value is -1.24. The molecule has 0 bridgehead atoms. The lowest BCUT2D eigenvalue weighted by molar-refractivity contribution is 0.350. The summed E-state index contributed by atoms with van der Waals surface area (Å²) in [6, 6.07) is 10.1. The SMILES string of the molecule is [O]/C=C/CCc1ccccc1. The number of hydrogen-bond acceptors (Lipinski definition) is 0. The molecule has 11 heavy (non-hydrogen) atoms. The minimum absolute atomic E-state index is 0.841. The van der Waals surface area contributed by atoms with Gasteiger partial charge in [-0.1, -0.05) is 30.3 Å². The normalized spacial score (nSPS) is 10.5. The van der Waals surface area contributed by atoms with Crippen molar-refractivity contribution >= 4 is 0 Å². The average Bonchev–Trinajstić information content (AvgIpc) is 2.07. The van der Waals surface area contributed by atoms with Crippen LogP contribution in [0.15, 0.2) is 42.7 Å². The van der Waals surface area contributed by atoms with E-state index < -0.39 is 0 Å². The van der Waals surface area contributed by atoms with Crippen LogP contribution in [-0.4, -0.2) is 0 Å². The van der Waals surface area contributed by atoms with Crippen LogP contribution in [0.2, 0.25) is 0 Å². The summed E-state index contributed by atoms with van der Waals surface area (Å²) in [5.74, 6) is 0. The standard InChI is InChI=1S/C10H11O/c11-9-5-4-8-10-6-2-1-3-7-10/h1-3,5-7,9H,4,8H2/b9-5+. The fourth-order valence-corrected chi connectivity index (χ4v) is 0.963. The molecule has 0 heterocycles. The van der Waals surface area contributed by atoms with Crippen molar-refractivity contribution in [1.82, 2.24) is 0 Å². The lowest BCUT2D eigenvalue weighted by Gasteiger charge is -1.94. The Morgan fingerprint density at radius 1 is 1.18 bits per heavy atom. The highest BCUT2D eigenvalue weighted by Gasteiger charge is 1.87. The van der Waals surface area contributed by atoms with Crippen molar-refractivity contribution in [3.8, 4) is 0 Å². The van der Waals surface area contributed by atoms with Crippen molar-refractivity contribution < 1.29 is 5.11 Å². The Morgan fingerprint density at radius 2 is 1.91 bits per heavy atom. The molecule has 0 aliphatic heterocycles. The van der Waals surface area contributed by atoms with Crippen LogP contribution in [0.25, 0.3) is 0 Å². The number of benzene rings is 1. The molecular weight excluding hydrogens is 136 g/mol. The van der Waals surface area contributed by atoms with Crippen LogP contribution in [0.5, 0.6) is 0 Å². The summed E-state index contributed by atoms with van der Waals surface area (Å²) in [7, 11) is 0. The molecule has 0 fully saturated rings. The van der Waals surface area contributed by atoms with E-state index in [0.29, 0.717) is 0 Å². The summed E-state index contributed by atoms with van der Waals surface area (Å²) in [5.41, 5.74) is 1.28. The molecule has 57 valence electrons. The van der Waals surface area contributed by atoms with Crippen molar-refractivity contribution in [2.45, 2.75) is 12.8 Å². The maximum absolute atomic E-state index is 9.94. The topological polar surface area (TPSA) is 19.9 Å². The molecule has 0 amide bonds. The third-order valence-corrected chi connectivity index (χ3v) is 1.54. The highest BCUT2D eigenvalue weighted by Crippen LogP contribution is 2.02. The molecule has 0 aliphatic carbocycles. The van der Waals surface area contributed by atoms with E-state index in [-0.39, 0.29) is 0 Å². The van der Waals surface area contributed by atoms with Crippen LogP contribution >= 0.6 is 0 Å². The van der Waals surface area contributed by atoms with Gasteiger partial charge in [0, 0.05) is 0 Å². The quantitative estimate of drug-likeness (QED) is 0.585. The molecule has 1 heteroatoms. The number of hydrogen-bond donors (Lipinski definition) is 0. The van der Waals surface area contributed by atoms with Gasteiger partial charge in [0.05, 0.1) is 0 Å². The highest BCUT2D eigenvalue weighted by molar-refractivity contribution is 5.14. The van der Waals surface area contributed by atoms with Gasteiger partial charge in [-0.2, -0.15) is 0 Å². The highest BCUT2D eigenvalue weighted by atomic mass is 16.2. The molecule has 1 nitrogen and oxygen atoms in total. The minimum atomic E-state index is 0.841. The molecule has 0 saturated heterocycles. The summed E-state index contributed by atoms with van der Waals surface area (Å²) < 4.78 is 0. The first-order valence-corrected chi connectivity index (χ1v) is 3.74. The molecule has 0 atom stereocenters. The Balaban J connectivity index is 2.39. The smallest absolute Gasteiger partial charge is 0.138 e. The van der Waals surface area contributed by atoms with E-state index in [1.54, 1.807) is 6.08 Å². The van der Waals surface area contributed by atoms with Gasteiger partial charge in [0.1, 0.15) is 6.26 Å². The molecule has 1 aromatic rings. The van der Waals surface area contributed by atoms with Crippen LogP contribution in [0.4, 0.5) is 0 Å². The Morgan fingerprint density at radius 3 is 2.55 bits per heavy atom. The maximum atomic E-state index is 9.94. The van der Waals surface area contributed by atoms with Gasteiger partial charge in [-0.25, -0.2) is 0 Å². The predicted molar refractivity (Wildman–Crippen MR) is 44.6 cm³/mol. The third kappa shape index (κ3) is 2.89. The van der Waals surface area contributed by atoms with Gasteiger partial charge in [0.15, 0.2) is 0 Å². The molecule has 1 radical (unpaired) electrons. The molecule has 0 saturated carbocycles. The molecule has 0 aromatic heterocycles. The van der Waals surface area contributed by atoms with E-state index >= 15 is 0 Å². The lowest BCUT2D eigenvalue weighted by Crippen LogP contribution is -1.80. The predicted octanol–water partition coefficient (Wildman–Crippen LogP) is 2.56. The summed E-state index contributed by atoms with van der Waals surface area (Å²) >= 11 is 0. The van der Waals surface area contributed by atoms with Gasteiger partial charge in [0.2, 0.25) is 0 Å². The van der Waals surface area contributed by atoms with Gasteiger partial charge in [-0.05, 0) is 24.5 Å². The number of aryl methyl sites for hydroxylation is 1. The number of allylic oxidation sites excluding steroid dienone is 1. The van der Waals surface area contributed by atoms with Gasteiger partial charge in [-0.3, -0.25) is 5.11 Å². The second kappa shape index (κ2) is 4.56. The molecule has 0 spiro atoms. The first kappa shape index (κ1) is 7.86.